The first-order chi connectivity index (χ1) is 8.50. The zero-order valence-corrected chi connectivity index (χ0v) is 10.6. The van der Waals surface area contributed by atoms with E-state index in [0.29, 0.717) is 5.56 Å². The van der Waals surface area contributed by atoms with Crippen LogP contribution in [0.3, 0.4) is 0 Å². The lowest BCUT2D eigenvalue weighted by Gasteiger charge is -2.17. The standard InChI is InChI=1S/C16H16O2/c1-16(2,18)15-8-6-13(7-9-15)14-5-3-4-12(10-14)11-17/h3-11,18H,1-2H3. The topological polar surface area (TPSA) is 37.3 Å². The molecule has 2 aromatic carbocycles. The average Bonchev–Trinajstić information content (AvgIpc) is 2.38. The minimum Gasteiger partial charge on any atom is -0.386 e. The van der Waals surface area contributed by atoms with Gasteiger partial charge in [-0.15, -0.1) is 0 Å². The number of hydrogen-bond donors (Lipinski definition) is 1. The van der Waals surface area contributed by atoms with Crippen molar-refractivity contribution in [2.75, 3.05) is 0 Å². The summed E-state index contributed by atoms with van der Waals surface area (Å²) in [6, 6.07) is 15.2. The number of aldehydes is 1. The monoisotopic (exact) mass is 240 g/mol. The van der Waals surface area contributed by atoms with Gasteiger partial charge in [0.15, 0.2) is 0 Å². The first-order valence-electron chi connectivity index (χ1n) is 5.89. The van der Waals surface area contributed by atoms with E-state index in [1.807, 2.05) is 42.5 Å². The summed E-state index contributed by atoms with van der Waals surface area (Å²) in [6.07, 6.45) is 0.842. The van der Waals surface area contributed by atoms with Crippen molar-refractivity contribution < 1.29 is 9.90 Å². The van der Waals surface area contributed by atoms with Crippen LogP contribution in [-0.4, -0.2) is 11.4 Å². The molecule has 0 saturated heterocycles. The second-order valence-corrected chi connectivity index (χ2v) is 4.88. The summed E-state index contributed by atoms with van der Waals surface area (Å²) < 4.78 is 0. The second kappa shape index (κ2) is 4.75. The van der Waals surface area contributed by atoms with E-state index in [1.54, 1.807) is 19.9 Å². The van der Waals surface area contributed by atoms with Gasteiger partial charge in [-0.3, -0.25) is 4.79 Å². The molecule has 1 N–H and O–H groups in total. The maximum absolute atomic E-state index is 10.7. The third kappa shape index (κ3) is 2.66. The van der Waals surface area contributed by atoms with E-state index in [9.17, 15) is 9.90 Å². The first-order valence-corrected chi connectivity index (χ1v) is 5.89. The molecule has 0 atom stereocenters. The Hall–Kier alpha value is -1.93. The summed E-state index contributed by atoms with van der Waals surface area (Å²) in [5.41, 5.74) is 2.74. The fraction of sp³-hybridized carbons (Fsp3) is 0.188. The molecule has 0 spiro atoms. The summed E-state index contributed by atoms with van der Waals surface area (Å²) in [5.74, 6) is 0. The number of carbonyl (C=O) groups is 1. The molecule has 0 bridgehead atoms. The van der Waals surface area contributed by atoms with E-state index >= 15 is 0 Å². The van der Waals surface area contributed by atoms with Crippen LogP contribution in [-0.2, 0) is 5.60 Å². The predicted octanol–water partition coefficient (Wildman–Crippen LogP) is 3.39. The molecule has 2 rings (SSSR count). The Morgan fingerprint density at radius 1 is 1.00 bits per heavy atom. The first kappa shape index (κ1) is 12.5. The minimum atomic E-state index is -0.830. The summed E-state index contributed by atoms with van der Waals surface area (Å²) in [5, 5.41) is 9.89. The van der Waals surface area contributed by atoms with Crippen LogP contribution in [0.15, 0.2) is 48.5 Å². The summed E-state index contributed by atoms with van der Waals surface area (Å²) in [4.78, 5) is 10.7. The molecule has 2 heteroatoms. The van der Waals surface area contributed by atoms with Crippen molar-refractivity contribution in [2.24, 2.45) is 0 Å². The van der Waals surface area contributed by atoms with Gasteiger partial charge < -0.3 is 5.11 Å². The Labute approximate surface area is 107 Å². The Morgan fingerprint density at radius 2 is 1.67 bits per heavy atom. The van der Waals surface area contributed by atoms with Gasteiger partial charge in [0.25, 0.3) is 0 Å². The predicted molar refractivity (Wildman–Crippen MR) is 72.5 cm³/mol. The zero-order chi connectivity index (χ0) is 13.2. The maximum atomic E-state index is 10.7. The quantitative estimate of drug-likeness (QED) is 0.835. The van der Waals surface area contributed by atoms with Crippen molar-refractivity contribution in [3.63, 3.8) is 0 Å². The van der Waals surface area contributed by atoms with Crippen LogP contribution in [0.1, 0.15) is 29.8 Å². The Morgan fingerprint density at radius 3 is 2.22 bits per heavy atom. The molecule has 92 valence electrons. The molecule has 0 heterocycles. The summed E-state index contributed by atoms with van der Waals surface area (Å²) in [6.45, 7) is 3.52. The highest BCUT2D eigenvalue weighted by Crippen LogP contribution is 2.25. The molecular formula is C16H16O2. The van der Waals surface area contributed by atoms with Crippen molar-refractivity contribution in [1.82, 2.24) is 0 Å². The van der Waals surface area contributed by atoms with Crippen molar-refractivity contribution in [3.8, 4) is 11.1 Å². The van der Waals surface area contributed by atoms with Crippen LogP contribution in [0.25, 0.3) is 11.1 Å². The van der Waals surface area contributed by atoms with E-state index in [-0.39, 0.29) is 0 Å². The van der Waals surface area contributed by atoms with Crippen molar-refractivity contribution in [1.29, 1.82) is 0 Å². The zero-order valence-electron chi connectivity index (χ0n) is 10.6. The van der Waals surface area contributed by atoms with Crippen LogP contribution in [0, 0.1) is 0 Å². The smallest absolute Gasteiger partial charge is 0.150 e. The van der Waals surface area contributed by atoms with Gasteiger partial charge in [-0.25, -0.2) is 0 Å². The van der Waals surface area contributed by atoms with Gasteiger partial charge in [-0.1, -0.05) is 42.5 Å². The third-order valence-electron chi connectivity index (χ3n) is 2.95. The van der Waals surface area contributed by atoms with Crippen molar-refractivity contribution in [2.45, 2.75) is 19.4 Å². The highest BCUT2D eigenvalue weighted by atomic mass is 16.3. The highest BCUT2D eigenvalue weighted by Gasteiger charge is 2.15. The summed E-state index contributed by atoms with van der Waals surface area (Å²) >= 11 is 0. The van der Waals surface area contributed by atoms with Gasteiger partial charge in [0.05, 0.1) is 5.60 Å². The number of carbonyl (C=O) groups excluding carboxylic acids is 1. The fourth-order valence-corrected chi connectivity index (χ4v) is 1.86. The third-order valence-corrected chi connectivity index (χ3v) is 2.95. The van der Waals surface area contributed by atoms with E-state index in [0.717, 1.165) is 23.0 Å². The van der Waals surface area contributed by atoms with Gasteiger partial charge in [-0.05, 0) is 36.6 Å². The lowest BCUT2D eigenvalue weighted by Crippen LogP contribution is -2.14. The van der Waals surface area contributed by atoms with E-state index in [4.69, 9.17) is 0 Å². The SMILES string of the molecule is CC(C)(O)c1ccc(-c2cccc(C=O)c2)cc1. The molecule has 2 nitrogen and oxygen atoms in total. The molecule has 0 aromatic heterocycles. The lowest BCUT2D eigenvalue weighted by molar-refractivity contribution is 0.0786. The van der Waals surface area contributed by atoms with Gasteiger partial charge >= 0.3 is 0 Å². The normalized spacial score (nSPS) is 11.3. The van der Waals surface area contributed by atoms with E-state index < -0.39 is 5.60 Å². The van der Waals surface area contributed by atoms with E-state index in [1.165, 1.54) is 0 Å². The van der Waals surface area contributed by atoms with E-state index in [2.05, 4.69) is 0 Å². The van der Waals surface area contributed by atoms with Crippen LogP contribution >= 0.6 is 0 Å². The lowest BCUT2D eigenvalue weighted by atomic mass is 9.95. The largest absolute Gasteiger partial charge is 0.386 e. The number of benzene rings is 2. The van der Waals surface area contributed by atoms with Gasteiger partial charge in [0.1, 0.15) is 6.29 Å². The fourth-order valence-electron chi connectivity index (χ4n) is 1.86. The Kier molecular flexibility index (Phi) is 3.30. The van der Waals surface area contributed by atoms with Gasteiger partial charge in [-0.2, -0.15) is 0 Å². The molecule has 0 fully saturated rings. The van der Waals surface area contributed by atoms with Gasteiger partial charge in [0, 0.05) is 5.56 Å². The van der Waals surface area contributed by atoms with Crippen molar-refractivity contribution >= 4 is 6.29 Å². The molecule has 0 aliphatic carbocycles. The minimum absolute atomic E-state index is 0.666. The molecule has 18 heavy (non-hydrogen) atoms. The molecule has 0 saturated carbocycles. The average molecular weight is 240 g/mol. The Balaban J connectivity index is 2.37. The Bertz CT molecular complexity index is 548. The number of aliphatic hydroxyl groups is 1. The molecule has 0 radical (unpaired) electrons. The van der Waals surface area contributed by atoms with Crippen LogP contribution in [0.5, 0.6) is 0 Å². The van der Waals surface area contributed by atoms with Crippen LogP contribution < -0.4 is 0 Å². The molecular weight excluding hydrogens is 224 g/mol. The molecule has 0 unspecified atom stereocenters. The molecule has 0 aliphatic rings. The molecule has 2 aromatic rings. The highest BCUT2D eigenvalue weighted by molar-refractivity contribution is 5.78. The summed E-state index contributed by atoms with van der Waals surface area (Å²) in [7, 11) is 0. The molecule has 0 aliphatic heterocycles. The van der Waals surface area contributed by atoms with Crippen LogP contribution in [0.2, 0.25) is 0 Å². The van der Waals surface area contributed by atoms with Crippen LogP contribution in [0.4, 0.5) is 0 Å². The van der Waals surface area contributed by atoms with Gasteiger partial charge in [0.2, 0.25) is 0 Å². The maximum Gasteiger partial charge on any atom is 0.150 e. The second-order valence-electron chi connectivity index (χ2n) is 4.88. The number of hydrogen-bond acceptors (Lipinski definition) is 2. The van der Waals surface area contributed by atoms with Crippen molar-refractivity contribution in [3.05, 3.63) is 59.7 Å². The number of rotatable bonds is 3. The molecule has 0 amide bonds.